The standard InChI is InChI=1S/C10H12F2N2S.ClH/c11-10(12)6-14-3-2-13-5-8(14)9-7(10)1-4-15-9;/h1,4,8,13H,2-3,5-6H2;1H. The van der Waals surface area contributed by atoms with Gasteiger partial charge in [-0.3, -0.25) is 4.90 Å². The lowest BCUT2D eigenvalue weighted by Gasteiger charge is -2.42. The zero-order valence-electron chi connectivity index (χ0n) is 8.58. The van der Waals surface area contributed by atoms with Crippen molar-refractivity contribution < 1.29 is 8.78 Å². The molecule has 2 nitrogen and oxygen atoms in total. The Morgan fingerprint density at radius 2 is 2.31 bits per heavy atom. The number of alkyl halides is 2. The highest BCUT2D eigenvalue weighted by Crippen LogP contribution is 2.44. The molecule has 0 spiro atoms. The summed E-state index contributed by atoms with van der Waals surface area (Å²) in [6.07, 6.45) is 0. The molecule has 1 aromatic rings. The van der Waals surface area contributed by atoms with Crippen LogP contribution in [0, 0.1) is 0 Å². The lowest BCUT2D eigenvalue weighted by Crippen LogP contribution is -2.52. The third-order valence-corrected chi connectivity index (χ3v) is 4.17. The highest BCUT2D eigenvalue weighted by Gasteiger charge is 2.45. The molecular weight excluding hydrogens is 254 g/mol. The van der Waals surface area contributed by atoms with E-state index < -0.39 is 5.92 Å². The summed E-state index contributed by atoms with van der Waals surface area (Å²) in [5.74, 6) is -2.66. The fourth-order valence-electron chi connectivity index (χ4n) is 2.42. The highest BCUT2D eigenvalue weighted by molar-refractivity contribution is 7.10. The number of nitrogens with zero attached hydrogens (tertiary/aromatic N) is 1. The fourth-order valence-corrected chi connectivity index (χ4v) is 3.50. The van der Waals surface area contributed by atoms with Crippen LogP contribution >= 0.6 is 23.7 Å². The van der Waals surface area contributed by atoms with Crippen molar-refractivity contribution in [1.82, 2.24) is 10.2 Å². The Balaban J connectivity index is 0.000000963. The van der Waals surface area contributed by atoms with E-state index in [0.29, 0.717) is 0 Å². The lowest BCUT2D eigenvalue weighted by molar-refractivity contribution is -0.0666. The van der Waals surface area contributed by atoms with E-state index in [1.807, 2.05) is 4.90 Å². The summed E-state index contributed by atoms with van der Waals surface area (Å²) in [5.41, 5.74) is 0.248. The molecule has 0 aliphatic carbocycles. The van der Waals surface area contributed by atoms with Gasteiger partial charge >= 0.3 is 0 Å². The first-order valence-electron chi connectivity index (χ1n) is 5.09. The van der Waals surface area contributed by atoms with Crippen LogP contribution in [0.1, 0.15) is 16.5 Å². The van der Waals surface area contributed by atoms with Crippen molar-refractivity contribution >= 4 is 23.7 Å². The number of hydrogen-bond donors (Lipinski definition) is 1. The molecule has 0 bridgehead atoms. The van der Waals surface area contributed by atoms with Crippen LogP contribution in [0.2, 0.25) is 0 Å². The van der Waals surface area contributed by atoms with Gasteiger partial charge in [-0.15, -0.1) is 23.7 Å². The molecule has 3 rings (SSSR count). The fraction of sp³-hybridized carbons (Fsp3) is 0.600. The Kier molecular flexibility index (Phi) is 3.22. The van der Waals surface area contributed by atoms with Crippen LogP contribution < -0.4 is 5.32 Å². The van der Waals surface area contributed by atoms with Crippen LogP contribution in [-0.4, -0.2) is 31.1 Å². The SMILES string of the molecule is Cl.FC1(F)CN2CCNCC2c2sccc21. The maximum atomic E-state index is 13.7. The van der Waals surface area contributed by atoms with Gasteiger partial charge in [0.05, 0.1) is 12.6 Å². The molecule has 0 saturated carbocycles. The first kappa shape index (κ1) is 12.2. The molecule has 6 heteroatoms. The van der Waals surface area contributed by atoms with Gasteiger partial charge in [0.1, 0.15) is 0 Å². The Morgan fingerprint density at radius 3 is 3.12 bits per heavy atom. The summed E-state index contributed by atoms with van der Waals surface area (Å²) in [6.45, 7) is 2.21. The van der Waals surface area contributed by atoms with Crippen LogP contribution in [-0.2, 0) is 5.92 Å². The molecule has 1 atom stereocenters. The molecule has 0 radical (unpaired) electrons. The average molecular weight is 267 g/mol. The maximum Gasteiger partial charge on any atom is 0.286 e. The van der Waals surface area contributed by atoms with E-state index in [1.165, 1.54) is 11.3 Å². The Morgan fingerprint density at radius 1 is 1.50 bits per heavy atom. The maximum absolute atomic E-state index is 13.7. The van der Waals surface area contributed by atoms with Gasteiger partial charge < -0.3 is 5.32 Å². The van der Waals surface area contributed by atoms with Gasteiger partial charge in [0, 0.05) is 30.1 Å². The monoisotopic (exact) mass is 266 g/mol. The summed E-state index contributed by atoms with van der Waals surface area (Å²) >= 11 is 1.45. The third-order valence-electron chi connectivity index (χ3n) is 3.15. The third kappa shape index (κ3) is 1.76. The van der Waals surface area contributed by atoms with Crippen molar-refractivity contribution in [2.45, 2.75) is 12.0 Å². The van der Waals surface area contributed by atoms with Crippen LogP contribution in [0.25, 0.3) is 0 Å². The van der Waals surface area contributed by atoms with Crippen LogP contribution in [0.3, 0.4) is 0 Å². The minimum absolute atomic E-state index is 0. The van der Waals surface area contributed by atoms with Crippen molar-refractivity contribution in [3.8, 4) is 0 Å². The predicted molar refractivity (Wildman–Crippen MR) is 62.6 cm³/mol. The first-order chi connectivity index (χ1) is 7.18. The zero-order valence-corrected chi connectivity index (χ0v) is 10.2. The summed E-state index contributed by atoms with van der Waals surface area (Å²) in [4.78, 5) is 2.74. The molecule has 1 saturated heterocycles. The predicted octanol–water partition coefficient (Wildman–Crippen LogP) is 2.22. The molecule has 2 aliphatic heterocycles. The van der Waals surface area contributed by atoms with Gasteiger partial charge in [0.15, 0.2) is 0 Å². The van der Waals surface area contributed by atoms with E-state index in [0.717, 1.165) is 24.5 Å². The second-order valence-electron chi connectivity index (χ2n) is 4.09. The largest absolute Gasteiger partial charge is 0.314 e. The van der Waals surface area contributed by atoms with E-state index in [1.54, 1.807) is 11.4 Å². The Labute approximate surface area is 103 Å². The minimum Gasteiger partial charge on any atom is -0.314 e. The smallest absolute Gasteiger partial charge is 0.286 e. The summed E-state index contributed by atoms with van der Waals surface area (Å²) in [7, 11) is 0. The normalized spacial score (nSPS) is 27.8. The number of piperazine rings is 1. The number of thiophene rings is 1. The second-order valence-corrected chi connectivity index (χ2v) is 5.04. The second kappa shape index (κ2) is 4.22. The van der Waals surface area contributed by atoms with Crippen molar-refractivity contribution in [3.05, 3.63) is 21.9 Å². The van der Waals surface area contributed by atoms with E-state index in [2.05, 4.69) is 5.32 Å². The molecule has 16 heavy (non-hydrogen) atoms. The van der Waals surface area contributed by atoms with E-state index in [4.69, 9.17) is 0 Å². The average Bonchev–Trinajstić information content (AvgIpc) is 2.66. The number of halogens is 3. The molecular formula is C10H13ClF2N2S. The van der Waals surface area contributed by atoms with Crippen LogP contribution in [0.15, 0.2) is 11.4 Å². The molecule has 1 N–H and O–H groups in total. The highest BCUT2D eigenvalue weighted by atomic mass is 35.5. The zero-order chi connectivity index (χ0) is 10.5. The Bertz CT molecular complexity index is 383. The van der Waals surface area contributed by atoms with Crippen molar-refractivity contribution in [3.63, 3.8) is 0 Å². The van der Waals surface area contributed by atoms with Crippen molar-refractivity contribution in [2.75, 3.05) is 26.2 Å². The van der Waals surface area contributed by atoms with Gasteiger partial charge in [-0.1, -0.05) is 0 Å². The number of fused-ring (bicyclic) bond motifs is 3. The molecule has 90 valence electrons. The number of hydrogen-bond acceptors (Lipinski definition) is 3. The summed E-state index contributed by atoms with van der Waals surface area (Å²) in [5, 5.41) is 5.04. The molecule has 1 unspecified atom stereocenters. The first-order valence-corrected chi connectivity index (χ1v) is 5.97. The van der Waals surface area contributed by atoms with Gasteiger partial charge in [0.25, 0.3) is 5.92 Å². The van der Waals surface area contributed by atoms with Crippen molar-refractivity contribution in [1.29, 1.82) is 0 Å². The van der Waals surface area contributed by atoms with E-state index in [9.17, 15) is 8.78 Å². The van der Waals surface area contributed by atoms with Gasteiger partial charge in [0.2, 0.25) is 0 Å². The summed E-state index contributed by atoms with van der Waals surface area (Å²) in [6, 6.07) is 1.74. The number of rotatable bonds is 0. The number of nitrogens with one attached hydrogen (secondary N) is 1. The molecule has 2 aliphatic rings. The molecule has 1 aromatic heterocycles. The molecule has 0 aromatic carbocycles. The van der Waals surface area contributed by atoms with Crippen LogP contribution in [0.5, 0.6) is 0 Å². The quantitative estimate of drug-likeness (QED) is 0.775. The minimum atomic E-state index is -2.66. The van der Waals surface area contributed by atoms with Crippen molar-refractivity contribution in [2.24, 2.45) is 0 Å². The summed E-state index contributed by atoms with van der Waals surface area (Å²) < 4.78 is 27.5. The van der Waals surface area contributed by atoms with E-state index >= 15 is 0 Å². The molecule has 1 fully saturated rings. The topological polar surface area (TPSA) is 15.3 Å². The molecule has 0 amide bonds. The van der Waals surface area contributed by atoms with E-state index in [-0.39, 0.29) is 30.6 Å². The molecule has 3 heterocycles. The van der Waals surface area contributed by atoms with Crippen LogP contribution in [0.4, 0.5) is 8.78 Å². The van der Waals surface area contributed by atoms with Gasteiger partial charge in [-0.2, -0.15) is 8.78 Å². The lowest BCUT2D eigenvalue weighted by atomic mass is 9.97. The Hall–Kier alpha value is -0.230. The van der Waals surface area contributed by atoms with Gasteiger partial charge in [-0.25, -0.2) is 0 Å². The van der Waals surface area contributed by atoms with Gasteiger partial charge in [-0.05, 0) is 11.4 Å².